The molecule has 1 atom stereocenters. The second-order valence-electron chi connectivity index (χ2n) is 8.75. The van der Waals surface area contributed by atoms with Gasteiger partial charge in [-0.2, -0.15) is 0 Å². The van der Waals surface area contributed by atoms with E-state index in [2.05, 4.69) is 25.6 Å². The van der Waals surface area contributed by atoms with Gasteiger partial charge in [0.2, 0.25) is 11.5 Å². The van der Waals surface area contributed by atoms with Gasteiger partial charge in [0.15, 0.2) is 0 Å². The Hall–Kier alpha value is -4.21. The number of ether oxygens (including phenoxy) is 1. The standard InChI is InChI=1S/C25H26N4O6/c1-14(2)11-12-20(24(31)32)26-23(30)21-22(29-35-28-21)27-25(33)34-13-19-17-9-5-3-7-15(17)16-8-4-6-10-18(16)19/h3-10,14,19-20H,11-13H2,1-2H3,(H,26,30)(H,31,32)(H,27,29,33). The molecule has 182 valence electrons. The average Bonchev–Trinajstić information content (AvgIpc) is 3.42. The van der Waals surface area contributed by atoms with Crippen LogP contribution >= 0.6 is 0 Å². The van der Waals surface area contributed by atoms with Crippen LogP contribution in [0.3, 0.4) is 0 Å². The van der Waals surface area contributed by atoms with E-state index in [4.69, 9.17) is 4.74 Å². The molecule has 4 rings (SSSR count). The van der Waals surface area contributed by atoms with E-state index in [9.17, 15) is 19.5 Å². The van der Waals surface area contributed by atoms with Crippen LogP contribution < -0.4 is 10.6 Å². The zero-order valence-corrected chi connectivity index (χ0v) is 19.4. The molecule has 0 saturated carbocycles. The zero-order valence-electron chi connectivity index (χ0n) is 19.4. The van der Waals surface area contributed by atoms with Gasteiger partial charge < -0.3 is 15.2 Å². The molecule has 2 aromatic carbocycles. The van der Waals surface area contributed by atoms with E-state index < -0.39 is 24.0 Å². The summed E-state index contributed by atoms with van der Waals surface area (Å²) in [7, 11) is 0. The van der Waals surface area contributed by atoms with E-state index in [1.165, 1.54) is 0 Å². The first-order chi connectivity index (χ1) is 16.8. The molecule has 2 amide bonds. The molecule has 1 unspecified atom stereocenters. The van der Waals surface area contributed by atoms with Crippen LogP contribution in [0.4, 0.5) is 10.6 Å². The lowest BCUT2D eigenvalue weighted by Gasteiger charge is -2.15. The first-order valence-electron chi connectivity index (χ1n) is 11.3. The molecule has 10 nitrogen and oxygen atoms in total. The first kappa shape index (κ1) is 23.9. The Labute approximate surface area is 201 Å². The van der Waals surface area contributed by atoms with Crippen molar-refractivity contribution in [3.05, 3.63) is 65.4 Å². The zero-order chi connectivity index (χ0) is 24.9. The molecule has 0 saturated heterocycles. The molecule has 0 bridgehead atoms. The fourth-order valence-electron chi connectivity index (χ4n) is 4.13. The van der Waals surface area contributed by atoms with Crippen molar-refractivity contribution in [3.8, 4) is 11.1 Å². The van der Waals surface area contributed by atoms with E-state index >= 15 is 0 Å². The second-order valence-corrected chi connectivity index (χ2v) is 8.75. The van der Waals surface area contributed by atoms with Crippen molar-refractivity contribution in [2.75, 3.05) is 11.9 Å². The maximum Gasteiger partial charge on any atom is 0.412 e. The summed E-state index contributed by atoms with van der Waals surface area (Å²) >= 11 is 0. The highest BCUT2D eigenvalue weighted by Crippen LogP contribution is 2.44. The van der Waals surface area contributed by atoms with Crippen molar-refractivity contribution in [2.24, 2.45) is 5.92 Å². The maximum atomic E-state index is 12.6. The lowest BCUT2D eigenvalue weighted by Crippen LogP contribution is -2.41. The number of carbonyl (C=O) groups is 3. The highest BCUT2D eigenvalue weighted by Gasteiger charge is 2.30. The third-order valence-corrected chi connectivity index (χ3v) is 5.90. The molecule has 10 heteroatoms. The van der Waals surface area contributed by atoms with Crippen molar-refractivity contribution in [1.29, 1.82) is 0 Å². The number of carbonyl (C=O) groups excluding carboxylic acids is 2. The molecule has 1 aromatic heterocycles. The summed E-state index contributed by atoms with van der Waals surface area (Å²) in [6.07, 6.45) is 0.0180. The van der Waals surface area contributed by atoms with Crippen LogP contribution in [0.5, 0.6) is 0 Å². The maximum absolute atomic E-state index is 12.6. The minimum atomic E-state index is -1.17. The summed E-state index contributed by atoms with van der Waals surface area (Å²) in [5, 5.41) is 21.2. The molecule has 0 spiro atoms. The molecular formula is C25H26N4O6. The smallest absolute Gasteiger partial charge is 0.412 e. The Kier molecular flexibility index (Phi) is 7.09. The van der Waals surface area contributed by atoms with Crippen LogP contribution in [0.25, 0.3) is 11.1 Å². The number of carboxylic acid groups (broad SMARTS) is 1. The van der Waals surface area contributed by atoms with E-state index in [-0.39, 0.29) is 36.4 Å². The Bertz CT molecular complexity index is 1190. The van der Waals surface area contributed by atoms with Gasteiger partial charge in [0.25, 0.3) is 5.91 Å². The molecule has 0 aliphatic heterocycles. The van der Waals surface area contributed by atoms with Crippen molar-refractivity contribution in [3.63, 3.8) is 0 Å². The van der Waals surface area contributed by atoms with Gasteiger partial charge in [-0.05, 0) is 51.3 Å². The molecule has 1 aliphatic carbocycles. The summed E-state index contributed by atoms with van der Waals surface area (Å²) in [5.41, 5.74) is 3.98. The number of fused-ring (bicyclic) bond motifs is 3. The lowest BCUT2D eigenvalue weighted by atomic mass is 9.98. The van der Waals surface area contributed by atoms with Crippen molar-refractivity contribution in [1.82, 2.24) is 15.6 Å². The van der Waals surface area contributed by atoms with Gasteiger partial charge in [-0.1, -0.05) is 62.4 Å². The van der Waals surface area contributed by atoms with Crippen LogP contribution in [0.1, 0.15) is 54.2 Å². The van der Waals surface area contributed by atoms with Crippen molar-refractivity contribution in [2.45, 2.75) is 38.6 Å². The van der Waals surface area contributed by atoms with Crippen molar-refractivity contribution >= 4 is 23.8 Å². The van der Waals surface area contributed by atoms with Gasteiger partial charge in [-0.25, -0.2) is 14.2 Å². The van der Waals surface area contributed by atoms with E-state index in [1.807, 2.05) is 62.4 Å². The third-order valence-electron chi connectivity index (χ3n) is 5.90. The molecule has 0 radical (unpaired) electrons. The van der Waals surface area contributed by atoms with E-state index in [0.717, 1.165) is 22.3 Å². The SMILES string of the molecule is CC(C)CCC(NC(=O)c1nonc1NC(=O)OCC1c2ccccc2-c2ccccc21)C(=O)O. The number of carboxylic acids is 1. The average molecular weight is 479 g/mol. The third kappa shape index (κ3) is 5.32. The molecule has 3 N–H and O–H groups in total. The Morgan fingerprint density at radius 2 is 1.63 bits per heavy atom. The Balaban J connectivity index is 1.39. The molecule has 35 heavy (non-hydrogen) atoms. The van der Waals surface area contributed by atoms with E-state index in [0.29, 0.717) is 6.42 Å². The topological polar surface area (TPSA) is 144 Å². The van der Waals surface area contributed by atoms with Gasteiger partial charge in [0.05, 0.1) is 0 Å². The number of hydrogen-bond acceptors (Lipinski definition) is 7. The van der Waals surface area contributed by atoms with E-state index in [1.54, 1.807) is 0 Å². The number of anilines is 1. The van der Waals surface area contributed by atoms with Gasteiger partial charge in [-0.15, -0.1) is 0 Å². The quantitative estimate of drug-likeness (QED) is 0.418. The molecule has 1 heterocycles. The second kappa shape index (κ2) is 10.4. The largest absolute Gasteiger partial charge is 0.480 e. The van der Waals surface area contributed by atoms with Gasteiger partial charge in [0.1, 0.15) is 12.6 Å². The van der Waals surface area contributed by atoms with Crippen LogP contribution in [-0.4, -0.2) is 46.0 Å². The van der Waals surface area contributed by atoms with Crippen LogP contribution in [0, 0.1) is 5.92 Å². The fourth-order valence-corrected chi connectivity index (χ4v) is 4.13. The minimum Gasteiger partial charge on any atom is -0.480 e. The monoisotopic (exact) mass is 478 g/mol. The Morgan fingerprint density at radius 1 is 1.00 bits per heavy atom. The normalized spacial score (nSPS) is 13.1. The predicted molar refractivity (Wildman–Crippen MR) is 126 cm³/mol. The highest BCUT2D eigenvalue weighted by atomic mass is 16.6. The lowest BCUT2D eigenvalue weighted by molar-refractivity contribution is -0.139. The molecular weight excluding hydrogens is 452 g/mol. The number of rotatable bonds is 9. The summed E-state index contributed by atoms with van der Waals surface area (Å²) in [6.45, 7) is 3.99. The van der Waals surface area contributed by atoms with Crippen molar-refractivity contribution < 1.29 is 28.9 Å². The number of aromatic nitrogens is 2. The first-order valence-corrected chi connectivity index (χ1v) is 11.3. The van der Waals surface area contributed by atoms with Crippen LogP contribution in [0.2, 0.25) is 0 Å². The van der Waals surface area contributed by atoms with Gasteiger partial charge in [0, 0.05) is 5.92 Å². The Morgan fingerprint density at radius 3 is 2.23 bits per heavy atom. The van der Waals surface area contributed by atoms with Crippen LogP contribution in [-0.2, 0) is 9.53 Å². The summed E-state index contributed by atoms with van der Waals surface area (Å²) in [5.74, 6) is -2.11. The summed E-state index contributed by atoms with van der Waals surface area (Å²) < 4.78 is 10.0. The number of hydrogen-bond donors (Lipinski definition) is 3. The fraction of sp³-hybridized carbons (Fsp3) is 0.320. The molecule has 0 fully saturated rings. The minimum absolute atomic E-state index is 0.0724. The van der Waals surface area contributed by atoms with Gasteiger partial charge >= 0.3 is 12.1 Å². The highest BCUT2D eigenvalue weighted by molar-refractivity contribution is 6.01. The summed E-state index contributed by atoms with van der Waals surface area (Å²) in [4.78, 5) is 36.6. The number of amides is 2. The summed E-state index contributed by atoms with van der Waals surface area (Å²) in [6, 6.07) is 14.8. The van der Waals surface area contributed by atoms with Gasteiger partial charge in [-0.3, -0.25) is 10.1 Å². The molecule has 1 aliphatic rings. The number of nitrogens with zero attached hydrogens (tertiary/aromatic N) is 2. The number of benzene rings is 2. The number of nitrogens with one attached hydrogen (secondary N) is 2. The number of aliphatic carboxylic acids is 1. The molecule has 3 aromatic rings. The van der Waals surface area contributed by atoms with Crippen LogP contribution in [0.15, 0.2) is 53.2 Å². The predicted octanol–water partition coefficient (Wildman–Crippen LogP) is 4.05.